The third kappa shape index (κ3) is 2.12. The van der Waals surface area contributed by atoms with Crippen LogP contribution in [0.1, 0.15) is 11.1 Å². The summed E-state index contributed by atoms with van der Waals surface area (Å²) in [5, 5.41) is 4.47. The average Bonchev–Trinajstić information content (AvgIpc) is 2.67. The molecule has 0 atom stereocenters. The van der Waals surface area contributed by atoms with Crippen LogP contribution in [0, 0.1) is 18.8 Å². The largest absolute Gasteiger partial charge is 0.348 e. The van der Waals surface area contributed by atoms with E-state index in [0.717, 1.165) is 15.7 Å². The van der Waals surface area contributed by atoms with Gasteiger partial charge in [-0.25, -0.2) is 24.4 Å². The molecule has 0 unspecified atom stereocenters. The molecule has 0 saturated carbocycles. The molecule has 0 radical (unpaired) electrons. The van der Waals surface area contributed by atoms with Crippen LogP contribution >= 0.6 is 0 Å². The van der Waals surface area contributed by atoms with E-state index in [9.17, 15) is 9.59 Å². The maximum atomic E-state index is 11.5. The molecule has 6 nitrogen and oxygen atoms in total. The predicted octanol–water partition coefficient (Wildman–Crippen LogP) is -0.527. The highest BCUT2D eigenvalue weighted by molar-refractivity contribution is 5.47. The van der Waals surface area contributed by atoms with Crippen LogP contribution in [-0.4, -0.2) is 21.3 Å². The Hall–Kier alpha value is -2.52. The third-order valence-corrected chi connectivity index (χ3v) is 2.46. The molecule has 1 aromatic heterocycles. The quantitative estimate of drug-likeness (QED) is 0.588. The topological polar surface area (TPSA) is 96.7 Å². The second kappa shape index (κ2) is 4.77. The first-order valence-corrected chi connectivity index (χ1v) is 5.33. The molecule has 0 aliphatic carbocycles. The van der Waals surface area contributed by atoms with Gasteiger partial charge in [0.05, 0.1) is 12.2 Å². The molecule has 18 heavy (non-hydrogen) atoms. The average molecular weight is 244 g/mol. The van der Waals surface area contributed by atoms with Gasteiger partial charge in [0.1, 0.15) is 0 Å². The number of aromatic nitrogens is 3. The normalized spacial score (nSPS) is 9.89. The molecule has 0 bridgehead atoms. The van der Waals surface area contributed by atoms with E-state index in [1.165, 1.54) is 0 Å². The van der Waals surface area contributed by atoms with Crippen LogP contribution < -0.4 is 17.1 Å². The van der Waals surface area contributed by atoms with Crippen LogP contribution in [0.4, 0.5) is 0 Å². The van der Waals surface area contributed by atoms with E-state index in [1.54, 1.807) is 18.2 Å². The molecule has 1 heterocycles. The van der Waals surface area contributed by atoms with Gasteiger partial charge in [0.15, 0.2) is 0 Å². The molecule has 0 amide bonds. The SMILES string of the molecule is Cc1cc(C#CCN)ccc1-n1c(=O)[nH][nH]c1=O. The smallest absolute Gasteiger partial charge is 0.320 e. The molecule has 0 fully saturated rings. The van der Waals surface area contributed by atoms with E-state index in [1.807, 2.05) is 6.92 Å². The molecule has 92 valence electrons. The van der Waals surface area contributed by atoms with Gasteiger partial charge in [0.2, 0.25) is 0 Å². The number of hydrogen-bond acceptors (Lipinski definition) is 3. The maximum Gasteiger partial charge on any atom is 0.348 e. The highest BCUT2D eigenvalue weighted by Crippen LogP contribution is 2.12. The number of benzene rings is 1. The molecule has 0 spiro atoms. The Morgan fingerprint density at radius 3 is 2.50 bits per heavy atom. The number of nitrogens with one attached hydrogen (secondary N) is 2. The summed E-state index contributed by atoms with van der Waals surface area (Å²) in [6.07, 6.45) is 0. The van der Waals surface area contributed by atoms with E-state index in [2.05, 4.69) is 22.0 Å². The highest BCUT2D eigenvalue weighted by Gasteiger charge is 2.08. The Labute approximate surface area is 102 Å². The Morgan fingerprint density at radius 1 is 1.28 bits per heavy atom. The summed E-state index contributed by atoms with van der Waals surface area (Å²) >= 11 is 0. The molecule has 0 aliphatic heterocycles. The summed E-state index contributed by atoms with van der Waals surface area (Å²) in [6.45, 7) is 2.10. The van der Waals surface area contributed by atoms with Crippen LogP contribution in [0.5, 0.6) is 0 Å². The molecular weight excluding hydrogens is 232 g/mol. The monoisotopic (exact) mass is 244 g/mol. The van der Waals surface area contributed by atoms with Gasteiger partial charge in [-0.2, -0.15) is 0 Å². The lowest BCUT2D eigenvalue weighted by Gasteiger charge is -2.04. The maximum absolute atomic E-state index is 11.5. The van der Waals surface area contributed by atoms with Gasteiger partial charge in [-0.3, -0.25) is 0 Å². The van der Waals surface area contributed by atoms with Gasteiger partial charge in [0.25, 0.3) is 0 Å². The van der Waals surface area contributed by atoms with Gasteiger partial charge in [-0.15, -0.1) is 0 Å². The fraction of sp³-hybridized carbons (Fsp3) is 0.167. The molecule has 1 aromatic carbocycles. The number of hydrogen-bond donors (Lipinski definition) is 3. The first-order chi connectivity index (χ1) is 8.63. The minimum absolute atomic E-state index is 0.289. The van der Waals surface area contributed by atoms with Crippen molar-refractivity contribution in [3.63, 3.8) is 0 Å². The highest BCUT2D eigenvalue weighted by atomic mass is 16.2. The lowest BCUT2D eigenvalue weighted by Crippen LogP contribution is -2.25. The number of H-pyrrole nitrogens is 2. The van der Waals surface area contributed by atoms with Gasteiger partial charge >= 0.3 is 11.4 Å². The van der Waals surface area contributed by atoms with Crippen LogP contribution in [0.3, 0.4) is 0 Å². The molecule has 2 aromatic rings. The third-order valence-electron chi connectivity index (χ3n) is 2.46. The molecule has 4 N–H and O–H groups in total. The van der Waals surface area contributed by atoms with Crippen LogP contribution in [0.25, 0.3) is 5.69 Å². The Balaban J connectivity index is 2.55. The van der Waals surface area contributed by atoms with E-state index >= 15 is 0 Å². The number of aromatic amines is 2. The molecule has 0 aliphatic rings. The van der Waals surface area contributed by atoms with Crippen molar-refractivity contribution in [3.8, 4) is 17.5 Å². The van der Waals surface area contributed by atoms with E-state index in [-0.39, 0.29) is 6.54 Å². The second-order valence-corrected chi connectivity index (χ2v) is 3.70. The zero-order valence-corrected chi connectivity index (χ0v) is 9.78. The zero-order chi connectivity index (χ0) is 13.1. The van der Waals surface area contributed by atoms with Gasteiger partial charge < -0.3 is 5.73 Å². The van der Waals surface area contributed by atoms with Crippen molar-refractivity contribution >= 4 is 0 Å². The van der Waals surface area contributed by atoms with E-state index < -0.39 is 11.4 Å². The van der Waals surface area contributed by atoms with Crippen molar-refractivity contribution in [1.82, 2.24) is 14.8 Å². The Bertz CT molecular complexity index is 712. The Morgan fingerprint density at radius 2 is 1.94 bits per heavy atom. The van der Waals surface area contributed by atoms with Crippen molar-refractivity contribution in [2.75, 3.05) is 6.54 Å². The number of nitrogens with zero attached hydrogens (tertiary/aromatic N) is 1. The fourth-order valence-corrected chi connectivity index (χ4v) is 1.67. The van der Waals surface area contributed by atoms with Crippen LogP contribution in [0.15, 0.2) is 27.8 Å². The first kappa shape index (κ1) is 12.0. The zero-order valence-electron chi connectivity index (χ0n) is 9.78. The van der Waals surface area contributed by atoms with Gasteiger partial charge in [-0.05, 0) is 30.7 Å². The van der Waals surface area contributed by atoms with Crippen molar-refractivity contribution in [3.05, 3.63) is 50.3 Å². The summed E-state index contributed by atoms with van der Waals surface area (Å²) in [4.78, 5) is 23.0. The number of aryl methyl sites for hydroxylation is 1. The van der Waals surface area contributed by atoms with Gasteiger partial charge in [0, 0.05) is 5.56 Å². The van der Waals surface area contributed by atoms with Crippen molar-refractivity contribution < 1.29 is 0 Å². The summed E-state index contributed by atoms with van der Waals surface area (Å²) in [5.41, 5.74) is 6.40. The van der Waals surface area contributed by atoms with Crippen LogP contribution in [0.2, 0.25) is 0 Å². The first-order valence-electron chi connectivity index (χ1n) is 5.33. The summed E-state index contributed by atoms with van der Waals surface area (Å²) < 4.78 is 1.04. The molecule has 2 rings (SSSR count). The van der Waals surface area contributed by atoms with Crippen molar-refractivity contribution in [2.45, 2.75) is 6.92 Å². The standard InChI is InChI=1S/C12H12N4O2/c1-8-7-9(3-2-6-13)4-5-10(8)16-11(17)14-15-12(16)18/h4-5,7H,6,13H2,1H3,(H,14,17)(H,15,18). The minimum Gasteiger partial charge on any atom is -0.320 e. The molecule has 6 heteroatoms. The van der Waals surface area contributed by atoms with Crippen LogP contribution in [-0.2, 0) is 0 Å². The molecular formula is C12H12N4O2. The predicted molar refractivity (Wildman–Crippen MR) is 67.7 cm³/mol. The number of rotatable bonds is 1. The fourth-order valence-electron chi connectivity index (χ4n) is 1.67. The van der Waals surface area contributed by atoms with Crippen molar-refractivity contribution in [1.29, 1.82) is 0 Å². The summed E-state index contributed by atoms with van der Waals surface area (Å²) in [5.74, 6) is 5.63. The van der Waals surface area contributed by atoms with Crippen molar-refractivity contribution in [2.24, 2.45) is 5.73 Å². The second-order valence-electron chi connectivity index (χ2n) is 3.70. The lowest BCUT2D eigenvalue weighted by atomic mass is 10.1. The summed E-state index contributed by atoms with van der Waals surface area (Å²) in [6, 6.07) is 5.22. The lowest BCUT2D eigenvalue weighted by molar-refractivity contribution is 0.941. The Kier molecular flexibility index (Phi) is 3.17. The number of nitrogens with two attached hydrogens (primary N) is 1. The molecule has 0 saturated heterocycles. The van der Waals surface area contributed by atoms with E-state index in [0.29, 0.717) is 5.69 Å². The van der Waals surface area contributed by atoms with Gasteiger partial charge in [-0.1, -0.05) is 11.8 Å². The summed E-state index contributed by atoms with van der Waals surface area (Å²) in [7, 11) is 0. The minimum atomic E-state index is -0.496. The van der Waals surface area contributed by atoms with E-state index in [4.69, 9.17) is 5.73 Å².